The smallest absolute Gasteiger partial charge is 0.181 e. The van der Waals surface area contributed by atoms with Gasteiger partial charge in [0.15, 0.2) is 12.1 Å². The molecule has 5 nitrogen and oxygen atoms in total. The van der Waals surface area contributed by atoms with Gasteiger partial charge in [0.2, 0.25) is 0 Å². The summed E-state index contributed by atoms with van der Waals surface area (Å²) >= 11 is 0. The van der Waals surface area contributed by atoms with Crippen LogP contribution in [-0.4, -0.2) is 26.2 Å². The van der Waals surface area contributed by atoms with Gasteiger partial charge in [0.1, 0.15) is 0 Å². The van der Waals surface area contributed by atoms with Crippen molar-refractivity contribution in [1.82, 2.24) is 5.32 Å². The maximum atomic E-state index is 7.26. The molecule has 0 unspecified atom stereocenters. The van der Waals surface area contributed by atoms with E-state index in [9.17, 15) is 0 Å². The van der Waals surface area contributed by atoms with E-state index < -0.39 is 0 Å². The lowest BCUT2D eigenvalue weighted by molar-refractivity contribution is 0.696. The molecule has 0 heterocycles. The Morgan fingerprint density at radius 3 is 1.64 bits per heavy atom. The Balaban J connectivity index is -0.000000147. The second-order valence-electron chi connectivity index (χ2n) is 1.96. The van der Waals surface area contributed by atoms with E-state index in [0.29, 0.717) is 13.1 Å². The van der Waals surface area contributed by atoms with Crippen molar-refractivity contribution < 1.29 is 0 Å². The quantitative estimate of drug-likeness (QED) is 0.424. The molecule has 0 aromatic carbocycles. The average Bonchev–Trinajstić information content (AvgIpc) is 2.20. The van der Waals surface area contributed by atoms with Gasteiger partial charge < -0.3 is 16.8 Å². The number of allylic oxidation sites excluding steroid dienone is 1. The van der Waals surface area contributed by atoms with Gasteiger partial charge in [0, 0.05) is 26.2 Å². The zero-order chi connectivity index (χ0) is 11.7. The topological polar surface area (TPSA) is 112 Å². The third kappa shape index (κ3) is 75.4. The lowest BCUT2D eigenvalue weighted by Crippen LogP contribution is -2.27. The number of nitrogens with one attached hydrogen (secondary N) is 1. The Labute approximate surface area is 86.0 Å². The third-order valence-corrected chi connectivity index (χ3v) is 0.692. The molecular formula is C9H19N5. The van der Waals surface area contributed by atoms with Crippen LogP contribution in [0.2, 0.25) is 0 Å². The van der Waals surface area contributed by atoms with Crippen molar-refractivity contribution >= 4 is 0 Å². The highest BCUT2D eigenvalue weighted by Gasteiger charge is 1.76. The van der Waals surface area contributed by atoms with Crippen molar-refractivity contribution in [2.45, 2.75) is 6.92 Å². The number of nitrogens with zero attached hydrogens (tertiary/aromatic N) is 2. The van der Waals surface area contributed by atoms with E-state index >= 15 is 0 Å². The highest BCUT2D eigenvalue weighted by Crippen LogP contribution is 1.49. The first-order chi connectivity index (χ1) is 6.74. The van der Waals surface area contributed by atoms with Gasteiger partial charge in [-0.25, -0.2) is 0 Å². The summed E-state index contributed by atoms with van der Waals surface area (Å²) < 4.78 is 0. The van der Waals surface area contributed by atoms with Crippen molar-refractivity contribution in [3.8, 4) is 12.1 Å². The van der Waals surface area contributed by atoms with E-state index in [1.54, 1.807) is 6.08 Å². The van der Waals surface area contributed by atoms with Crippen molar-refractivity contribution in [2.24, 2.45) is 11.5 Å². The molecule has 0 atom stereocenters. The summed E-state index contributed by atoms with van der Waals surface area (Å²) in [5.41, 5.74) is 10.3. The van der Waals surface area contributed by atoms with Crippen molar-refractivity contribution in [3.05, 3.63) is 12.7 Å². The summed E-state index contributed by atoms with van der Waals surface area (Å²) in [7, 11) is 0. The SMILES string of the molecule is C=CC.N#CC#N.NCCNCCN. The molecule has 0 aliphatic heterocycles. The number of rotatable bonds is 4. The van der Waals surface area contributed by atoms with Crippen LogP contribution in [0.1, 0.15) is 6.92 Å². The molecular weight excluding hydrogens is 178 g/mol. The molecule has 5 N–H and O–H groups in total. The fourth-order valence-corrected chi connectivity index (χ4v) is 0.329. The van der Waals surface area contributed by atoms with E-state index in [1.807, 2.05) is 6.92 Å². The molecule has 0 aromatic rings. The van der Waals surface area contributed by atoms with Crippen LogP contribution in [0, 0.1) is 22.7 Å². The third-order valence-electron chi connectivity index (χ3n) is 0.692. The predicted molar refractivity (Wildman–Crippen MR) is 58.1 cm³/mol. The van der Waals surface area contributed by atoms with Crippen molar-refractivity contribution in [1.29, 1.82) is 10.5 Å². The summed E-state index contributed by atoms with van der Waals surface area (Å²) in [6, 6.07) is 2.47. The van der Waals surface area contributed by atoms with Crippen molar-refractivity contribution in [2.75, 3.05) is 26.2 Å². The summed E-state index contributed by atoms with van der Waals surface area (Å²) in [4.78, 5) is 0. The van der Waals surface area contributed by atoms with Crippen LogP contribution in [0.25, 0.3) is 0 Å². The first-order valence-electron chi connectivity index (χ1n) is 4.21. The summed E-state index contributed by atoms with van der Waals surface area (Å²) in [6.07, 6.45) is 1.75. The lowest BCUT2D eigenvalue weighted by Gasteiger charge is -1.95. The second kappa shape index (κ2) is 29.9. The van der Waals surface area contributed by atoms with Gasteiger partial charge in [0.25, 0.3) is 0 Å². The maximum Gasteiger partial charge on any atom is 0.181 e. The molecule has 14 heavy (non-hydrogen) atoms. The molecule has 0 spiro atoms. The molecule has 0 aliphatic carbocycles. The Morgan fingerprint density at radius 2 is 1.50 bits per heavy atom. The molecule has 5 heteroatoms. The zero-order valence-corrected chi connectivity index (χ0v) is 8.66. The zero-order valence-electron chi connectivity index (χ0n) is 8.66. The number of hydrogen-bond acceptors (Lipinski definition) is 5. The van der Waals surface area contributed by atoms with Crippen LogP contribution in [0.5, 0.6) is 0 Å². The molecule has 0 radical (unpaired) electrons. The van der Waals surface area contributed by atoms with Crippen LogP contribution in [-0.2, 0) is 0 Å². The van der Waals surface area contributed by atoms with E-state index in [4.69, 9.17) is 22.0 Å². The highest BCUT2D eigenvalue weighted by atomic mass is 14.9. The van der Waals surface area contributed by atoms with Crippen LogP contribution in [0.3, 0.4) is 0 Å². The van der Waals surface area contributed by atoms with E-state index in [1.165, 1.54) is 12.1 Å². The molecule has 0 rings (SSSR count). The minimum atomic E-state index is 0.694. The number of nitriles is 2. The first kappa shape index (κ1) is 18.4. The normalized spacial score (nSPS) is 6.36. The first-order valence-corrected chi connectivity index (χ1v) is 4.21. The fraction of sp³-hybridized carbons (Fsp3) is 0.556. The van der Waals surface area contributed by atoms with Crippen molar-refractivity contribution in [3.63, 3.8) is 0 Å². The van der Waals surface area contributed by atoms with Crippen LogP contribution < -0.4 is 16.8 Å². The van der Waals surface area contributed by atoms with Gasteiger partial charge in [-0.3, -0.25) is 0 Å². The monoisotopic (exact) mass is 197 g/mol. The molecule has 0 aromatic heterocycles. The largest absolute Gasteiger partial charge is 0.329 e. The minimum absolute atomic E-state index is 0.694. The molecule has 0 saturated carbocycles. The Kier molecular flexibility index (Phi) is 39.3. The van der Waals surface area contributed by atoms with Crippen LogP contribution in [0.15, 0.2) is 12.7 Å². The Bertz CT molecular complexity index is 149. The van der Waals surface area contributed by atoms with Gasteiger partial charge in [-0.15, -0.1) is 6.58 Å². The Morgan fingerprint density at radius 1 is 1.21 bits per heavy atom. The number of nitrogens with two attached hydrogens (primary N) is 2. The van der Waals surface area contributed by atoms with Gasteiger partial charge in [0.05, 0.1) is 0 Å². The van der Waals surface area contributed by atoms with E-state index in [0.717, 1.165) is 13.1 Å². The standard InChI is InChI=1S/C4H13N3.C3H6.C2N2/c5-1-3-7-4-2-6;1-3-2;3-1-2-4/h7H,1-6H2;3H,1H2,2H3;. The predicted octanol–water partition coefficient (Wildman–Crippen LogP) is -0.281. The summed E-state index contributed by atoms with van der Waals surface area (Å²) in [6.45, 7) is 8.38. The molecule has 0 bridgehead atoms. The molecule has 0 saturated heterocycles. The fourth-order valence-electron chi connectivity index (χ4n) is 0.329. The maximum absolute atomic E-state index is 7.26. The number of hydrogen-bond donors (Lipinski definition) is 3. The highest BCUT2D eigenvalue weighted by molar-refractivity contribution is 4.99. The van der Waals surface area contributed by atoms with E-state index in [2.05, 4.69) is 11.9 Å². The van der Waals surface area contributed by atoms with Gasteiger partial charge in [-0.1, -0.05) is 6.08 Å². The van der Waals surface area contributed by atoms with Crippen LogP contribution in [0.4, 0.5) is 0 Å². The Hall–Kier alpha value is -1.40. The molecule has 0 aliphatic rings. The summed E-state index contributed by atoms with van der Waals surface area (Å²) in [5, 5.41) is 17.6. The van der Waals surface area contributed by atoms with Crippen LogP contribution >= 0.6 is 0 Å². The van der Waals surface area contributed by atoms with Gasteiger partial charge >= 0.3 is 0 Å². The molecule has 80 valence electrons. The molecule has 0 fully saturated rings. The van der Waals surface area contributed by atoms with Gasteiger partial charge in [-0.2, -0.15) is 10.5 Å². The van der Waals surface area contributed by atoms with Gasteiger partial charge in [-0.05, 0) is 6.92 Å². The minimum Gasteiger partial charge on any atom is -0.329 e. The summed E-state index contributed by atoms with van der Waals surface area (Å²) in [5.74, 6) is 0. The van der Waals surface area contributed by atoms with E-state index in [-0.39, 0.29) is 0 Å². The second-order valence-corrected chi connectivity index (χ2v) is 1.96. The molecule has 0 amide bonds. The average molecular weight is 197 g/mol. The lowest BCUT2D eigenvalue weighted by atomic mass is 10.6.